The molecular weight excluding hydrogens is 304 g/mol. The van der Waals surface area contributed by atoms with Crippen LogP contribution in [-0.4, -0.2) is 39.1 Å². The first-order valence-corrected chi connectivity index (χ1v) is 8.19. The quantitative estimate of drug-likeness (QED) is 0.934. The molecule has 1 aliphatic heterocycles. The third-order valence-corrected chi connectivity index (χ3v) is 4.61. The van der Waals surface area contributed by atoms with Gasteiger partial charge < -0.3 is 10.0 Å². The molecule has 2 atom stereocenters. The van der Waals surface area contributed by atoms with Crippen molar-refractivity contribution in [2.45, 2.75) is 27.2 Å². The molecule has 126 valence electrons. The van der Waals surface area contributed by atoms with Gasteiger partial charge in [-0.15, -0.1) is 0 Å². The fourth-order valence-corrected chi connectivity index (χ4v) is 3.26. The lowest BCUT2D eigenvalue weighted by atomic mass is 9.90. The van der Waals surface area contributed by atoms with Crippen molar-refractivity contribution in [3.8, 4) is 11.4 Å². The Hall–Kier alpha value is -2.50. The van der Waals surface area contributed by atoms with Crippen LogP contribution >= 0.6 is 0 Å². The van der Waals surface area contributed by atoms with E-state index >= 15 is 0 Å². The summed E-state index contributed by atoms with van der Waals surface area (Å²) in [5.41, 5.74) is 2.83. The molecule has 0 aromatic carbocycles. The Morgan fingerprint density at radius 2 is 1.92 bits per heavy atom. The van der Waals surface area contributed by atoms with Gasteiger partial charge in [0.1, 0.15) is 5.82 Å². The van der Waals surface area contributed by atoms with Gasteiger partial charge in [0.15, 0.2) is 5.82 Å². The largest absolute Gasteiger partial charge is 0.481 e. The molecule has 2 aromatic heterocycles. The number of carboxylic acids is 1. The summed E-state index contributed by atoms with van der Waals surface area (Å²) < 4.78 is 0. The van der Waals surface area contributed by atoms with Crippen LogP contribution in [0.3, 0.4) is 0 Å². The Kier molecular flexibility index (Phi) is 4.46. The highest BCUT2D eigenvalue weighted by atomic mass is 16.4. The number of hydrogen-bond donors (Lipinski definition) is 1. The summed E-state index contributed by atoms with van der Waals surface area (Å²) >= 11 is 0. The number of piperidine rings is 1. The third-order valence-electron chi connectivity index (χ3n) is 4.61. The highest BCUT2D eigenvalue weighted by Gasteiger charge is 2.31. The molecule has 0 bridgehead atoms. The first-order valence-electron chi connectivity index (χ1n) is 8.19. The molecule has 0 radical (unpaired) electrons. The summed E-state index contributed by atoms with van der Waals surface area (Å²) in [7, 11) is 0. The molecule has 1 saturated heterocycles. The van der Waals surface area contributed by atoms with E-state index in [2.05, 4.69) is 21.8 Å². The second-order valence-electron chi connectivity index (χ2n) is 6.60. The van der Waals surface area contributed by atoms with Crippen molar-refractivity contribution in [3.63, 3.8) is 0 Å². The molecule has 3 heterocycles. The molecule has 0 spiro atoms. The van der Waals surface area contributed by atoms with Crippen molar-refractivity contribution in [3.05, 3.63) is 35.8 Å². The lowest BCUT2D eigenvalue weighted by Crippen LogP contribution is -2.43. The number of pyridine rings is 1. The minimum atomic E-state index is -0.732. The van der Waals surface area contributed by atoms with Gasteiger partial charge in [0.05, 0.1) is 5.92 Å². The van der Waals surface area contributed by atoms with Gasteiger partial charge in [0, 0.05) is 42.3 Å². The van der Waals surface area contributed by atoms with Gasteiger partial charge in [-0.25, -0.2) is 9.97 Å². The summed E-state index contributed by atoms with van der Waals surface area (Å²) in [5, 5.41) is 9.41. The lowest BCUT2D eigenvalue weighted by molar-refractivity contribution is -0.142. The summed E-state index contributed by atoms with van der Waals surface area (Å²) in [4.78, 5) is 26.9. The summed E-state index contributed by atoms with van der Waals surface area (Å²) in [6, 6.07) is 3.76. The number of nitrogens with zero attached hydrogens (tertiary/aromatic N) is 4. The van der Waals surface area contributed by atoms with Gasteiger partial charge in [0.2, 0.25) is 0 Å². The predicted molar refractivity (Wildman–Crippen MR) is 91.9 cm³/mol. The normalized spacial score (nSPS) is 20.9. The molecule has 24 heavy (non-hydrogen) atoms. The van der Waals surface area contributed by atoms with Crippen LogP contribution in [0, 0.1) is 25.7 Å². The number of aromatic nitrogens is 3. The maximum atomic E-state index is 11.5. The molecule has 1 fully saturated rings. The number of aryl methyl sites for hydroxylation is 1. The van der Waals surface area contributed by atoms with Crippen LogP contribution in [0.25, 0.3) is 11.4 Å². The number of hydrogen-bond acceptors (Lipinski definition) is 5. The van der Waals surface area contributed by atoms with Crippen molar-refractivity contribution in [2.24, 2.45) is 11.8 Å². The van der Waals surface area contributed by atoms with Crippen LogP contribution in [0.1, 0.15) is 24.6 Å². The molecular formula is C18H22N4O2. The van der Waals surface area contributed by atoms with Gasteiger partial charge in [-0.3, -0.25) is 9.78 Å². The Morgan fingerprint density at radius 1 is 1.21 bits per heavy atom. The van der Waals surface area contributed by atoms with E-state index in [-0.39, 0.29) is 5.92 Å². The van der Waals surface area contributed by atoms with Gasteiger partial charge in [0.25, 0.3) is 0 Å². The minimum Gasteiger partial charge on any atom is -0.481 e. The smallest absolute Gasteiger partial charge is 0.308 e. The molecule has 1 aliphatic rings. The number of carbonyl (C=O) groups is 1. The van der Waals surface area contributed by atoms with Crippen LogP contribution in [0.2, 0.25) is 0 Å². The minimum absolute atomic E-state index is 0.318. The molecule has 3 rings (SSSR count). The predicted octanol–water partition coefficient (Wildman–Crippen LogP) is 2.70. The molecule has 2 aromatic rings. The van der Waals surface area contributed by atoms with Gasteiger partial charge in [-0.2, -0.15) is 0 Å². The van der Waals surface area contributed by atoms with E-state index < -0.39 is 5.97 Å². The summed E-state index contributed by atoms with van der Waals surface area (Å²) in [6.07, 6.45) is 4.15. The SMILES string of the molecule is Cc1nc(-c2ccncc2)nc(N2CC(C)CC(C(=O)O)C2)c1C. The molecule has 0 aliphatic carbocycles. The van der Waals surface area contributed by atoms with Gasteiger partial charge in [-0.1, -0.05) is 6.92 Å². The molecule has 6 heteroatoms. The van der Waals surface area contributed by atoms with Crippen LogP contribution in [-0.2, 0) is 4.79 Å². The summed E-state index contributed by atoms with van der Waals surface area (Å²) in [6.45, 7) is 7.36. The Morgan fingerprint density at radius 3 is 2.58 bits per heavy atom. The van der Waals surface area contributed by atoms with Crippen LogP contribution in [0.15, 0.2) is 24.5 Å². The van der Waals surface area contributed by atoms with Crippen molar-refractivity contribution in [1.29, 1.82) is 0 Å². The molecule has 2 unspecified atom stereocenters. The van der Waals surface area contributed by atoms with Crippen LogP contribution < -0.4 is 4.90 Å². The topological polar surface area (TPSA) is 79.2 Å². The zero-order valence-electron chi connectivity index (χ0n) is 14.2. The Labute approximate surface area is 141 Å². The lowest BCUT2D eigenvalue weighted by Gasteiger charge is -2.36. The first-order chi connectivity index (χ1) is 11.5. The summed E-state index contributed by atoms with van der Waals surface area (Å²) in [5.74, 6) is 0.726. The second-order valence-corrected chi connectivity index (χ2v) is 6.60. The van der Waals surface area contributed by atoms with E-state index in [0.717, 1.165) is 29.2 Å². The first kappa shape index (κ1) is 16.4. The molecule has 1 N–H and O–H groups in total. The Balaban J connectivity index is 2.00. The van der Waals surface area contributed by atoms with Crippen molar-refractivity contribution in [1.82, 2.24) is 15.0 Å². The van der Waals surface area contributed by atoms with Crippen molar-refractivity contribution < 1.29 is 9.90 Å². The fraction of sp³-hybridized carbons (Fsp3) is 0.444. The maximum Gasteiger partial charge on any atom is 0.308 e. The standard InChI is InChI=1S/C18H22N4O2/c1-11-8-15(18(23)24)10-22(9-11)17-12(2)13(3)20-16(21-17)14-4-6-19-7-5-14/h4-7,11,15H,8-10H2,1-3H3,(H,23,24). The van der Waals surface area contributed by atoms with Gasteiger partial charge in [-0.05, 0) is 38.3 Å². The molecule has 6 nitrogen and oxygen atoms in total. The van der Waals surface area contributed by atoms with Crippen molar-refractivity contribution in [2.75, 3.05) is 18.0 Å². The number of aliphatic carboxylic acids is 1. The molecule has 0 saturated carbocycles. The highest BCUT2D eigenvalue weighted by Crippen LogP contribution is 2.30. The average Bonchev–Trinajstić information content (AvgIpc) is 2.57. The zero-order chi connectivity index (χ0) is 17.3. The van der Waals surface area contributed by atoms with E-state index in [0.29, 0.717) is 24.7 Å². The van der Waals surface area contributed by atoms with Gasteiger partial charge >= 0.3 is 5.97 Å². The maximum absolute atomic E-state index is 11.5. The number of rotatable bonds is 3. The molecule has 0 amide bonds. The van der Waals surface area contributed by atoms with E-state index in [1.165, 1.54) is 0 Å². The highest BCUT2D eigenvalue weighted by molar-refractivity contribution is 5.71. The van der Waals surface area contributed by atoms with Crippen LogP contribution in [0.5, 0.6) is 0 Å². The van der Waals surface area contributed by atoms with Crippen molar-refractivity contribution >= 4 is 11.8 Å². The number of carboxylic acid groups (broad SMARTS) is 1. The van der Waals surface area contributed by atoms with E-state index in [4.69, 9.17) is 4.98 Å². The Bertz CT molecular complexity index is 748. The third kappa shape index (κ3) is 3.22. The van der Waals surface area contributed by atoms with E-state index in [1.54, 1.807) is 12.4 Å². The van der Waals surface area contributed by atoms with Crippen LogP contribution in [0.4, 0.5) is 5.82 Å². The monoisotopic (exact) mass is 326 g/mol. The second kappa shape index (κ2) is 6.55. The van der Waals surface area contributed by atoms with E-state index in [1.807, 2.05) is 26.0 Å². The fourth-order valence-electron chi connectivity index (χ4n) is 3.26. The number of anilines is 1. The average molecular weight is 326 g/mol. The zero-order valence-corrected chi connectivity index (χ0v) is 14.2. The van der Waals surface area contributed by atoms with E-state index in [9.17, 15) is 9.90 Å².